The highest BCUT2D eigenvalue weighted by Crippen LogP contribution is 2.37. The van der Waals surface area contributed by atoms with Crippen molar-refractivity contribution in [2.24, 2.45) is 0 Å². The Morgan fingerprint density at radius 2 is 1.89 bits per heavy atom. The highest BCUT2D eigenvalue weighted by molar-refractivity contribution is 9.10. The fourth-order valence-corrected chi connectivity index (χ4v) is 1.91. The van der Waals surface area contributed by atoms with E-state index in [-0.39, 0.29) is 12.2 Å². The number of likely N-dealkylation sites (N-methyl/N-ethyl adjacent to an activating group) is 1. The number of rotatable bonds is 4. The van der Waals surface area contributed by atoms with Crippen molar-refractivity contribution in [3.05, 3.63) is 34.3 Å². The molecule has 0 spiro atoms. The first-order chi connectivity index (χ1) is 8.77. The third-order valence-electron chi connectivity index (χ3n) is 2.54. The van der Waals surface area contributed by atoms with Crippen molar-refractivity contribution < 1.29 is 22.7 Å². The first kappa shape index (κ1) is 16.0. The van der Waals surface area contributed by atoms with Crippen molar-refractivity contribution in [1.29, 1.82) is 0 Å². The number of nitrogens with zero attached hydrogens (tertiary/aromatic N) is 1. The average molecular weight is 340 g/mol. The van der Waals surface area contributed by atoms with Gasteiger partial charge < -0.3 is 9.64 Å². The Morgan fingerprint density at radius 1 is 1.37 bits per heavy atom. The van der Waals surface area contributed by atoms with Gasteiger partial charge in [-0.2, -0.15) is 13.2 Å². The molecule has 7 heteroatoms. The average Bonchev–Trinajstić information content (AvgIpc) is 2.30. The third-order valence-corrected chi connectivity index (χ3v) is 3.07. The van der Waals surface area contributed by atoms with Gasteiger partial charge in [0.2, 0.25) is 5.91 Å². The van der Waals surface area contributed by atoms with Crippen LogP contribution in [0.3, 0.4) is 0 Å². The molecule has 0 fully saturated rings. The van der Waals surface area contributed by atoms with Crippen LogP contribution < -0.4 is 0 Å². The van der Waals surface area contributed by atoms with Gasteiger partial charge in [0.25, 0.3) is 0 Å². The number of amides is 1. The lowest BCUT2D eigenvalue weighted by Crippen LogP contribution is -2.41. The highest BCUT2D eigenvalue weighted by Gasteiger charge is 2.45. The molecular weight excluding hydrogens is 327 g/mol. The minimum absolute atomic E-state index is 0.00246. The minimum Gasteiger partial charge on any atom is -0.375 e. The smallest absolute Gasteiger partial charge is 0.375 e. The zero-order valence-electron chi connectivity index (χ0n) is 10.4. The Labute approximate surface area is 117 Å². The molecule has 106 valence electrons. The quantitative estimate of drug-likeness (QED) is 0.843. The largest absolute Gasteiger partial charge is 0.413 e. The van der Waals surface area contributed by atoms with Crippen LogP contribution in [0.4, 0.5) is 13.2 Å². The molecule has 0 saturated heterocycles. The normalized spacial score (nSPS) is 13.2. The van der Waals surface area contributed by atoms with Gasteiger partial charge in [-0.3, -0.25) is 4.79 Å². The van der Waals surface area contributed by atoms with E-state index < -0.39 is 18.1 Å². The number of benzene rings is 1. The topological polar surface area (TPSA) is 29.5 Å². The van der Waals surface area contributed by atoms with Crippen LogP contribution in [-0.2, 0) is 9.53 Å². The summed E-state index contributed by atoms with van der Waals surface area (Å²) in [5.74, 6) is -0.729. The van der Waals surface area contributed by atoms with Gasteiger partial charge in [-0.15, -0.1) is 0 Å². The SMILES string of the molecule is COCC(=O)N(C)C(c1ccc(Br)cc1)C(F)(F)F. The van der Waals surface area contributed by atoms with E-state index in [2.05, 4.69) is 20.7 Å². The van der Waals surface area contributed by atoms with Crippen molar-refractivity contribution in [1.82, 2.24) is 4.90 Å². The fraction of sp³-hybridized carbons (Fsp3) is 0.417. The van der Waals surface area contributed by atoms with Gasteiger partial charge >= 0.3 is 6.18 Å². The van der Waals surface area contributed by atoms with E-state index in [1.54, 1.807) is 0 Å². The first-order valence-electron chi connectivity index (χ1n) is 5.34. The van der Waals surface area contributed by atoms with Crippen molar-refractivity contribution in [2.75, 3.05) is 20.8 Å². The zero-order chi connectivity index (χ0) is 14.6. The molecule has 1 amide bonds. The number of hydrogen-bond acceptors (Lipinski definition) is 2. The van der Waals surface area contributed by atoms with E-state index in [0.29, 0.717) is 9.37 Å². The zero-order valence-corrected chi connectivity index (χ0v) is 12.0. The summed E-state index contributed by atoms with van der Waals surface area (Å²) in [6.45, 7) is -0.389. The molecule has 19 heavy (non-hydrogen) atoms. The summed E-state index contributed by atoms with van der Waals surface area (Å²) in [7, 11) is 2.37. The second kappa shape index (κ2) is 6.38. The Morgan fingerprint density at radius 3 is 2.32 bits per heavy atom. The van der Waals surface area contributed by atoms with Crippen LogP contribution in [0.1, 0.15) is 11.6 Å². The van der Waals surface area contributed by atoms with Gasteiger partial charge in [0, 0.05) is 18.6 Å². The molecule has 1 atom stereocenters. The van der Waals surface area contributed by atoms with Gasteiger partial charge in [-0.1, -0.05) is 28.1 Å². The first-order valence-corrected chi connectivity index (χ1v) is 6.13. The molecular formula is C12H13BrF3NO2. The molecule has 0 radical (unpaired) electrons. The van der Waals surface area contributed by atoms with Crippen LogP contribution in [-0.4, -0.2) is 37.7 Å². The summed E-state index contributed by atoms with van der Waals surface area (Å²) in [6.07, 6.45) is -4.55. The van der Waals surface area contributed by atoms with Gasteiger partial charge in [0.05, 0.1) is 0 Å². The summed E-state index contributed by atoms with van der Waals surface area (Å²) in [4.78, 5) is 12.2. The maximum atomic E-state index is 13.1. The van der Waals surface area contributed by atoms with Crippen molar-refractivity contribution in [2.45, 2.75) is 12.2 Å². The fourth-order valence-electron chi connectivity index (χ4n) is 1.65. The van der Waals surface area contributed by atoms with Crippen LogP contribution >= 0.6 is 15.9 Å². The van der Waals surface area contributed by atoms with Crippen LogP contribution in [0.2, 0.25) is 0 Å². The Hall–Kier alpha value is -1.08. The predicted molar refractivity (Wildman–Crippen MR) is 67.6 cm³/mol. The summed E-state index contributed by atoms with van der Waals surface area (Å²) in [5.41, 5.74) is 0.00246. The lowest BCUT2D eigenvalue weighted by molar-refractivity contribution is -0.190. The molecule has 0 N–H and O–H groups in total. The van der Waals surface area contributed by atoms with Crippen LogP contribution in [0, 0.1) is 0 Å². The van der Waals surface area contributed by atoms with Gasteiger partial charge in [-0.05, 0) is 17.7 Å². The van der Waals surface area contributed by atoms with Crippen molar-refractivity contribution in [3.63, 3.8) is 0 Å². The predicted octanol–water partition coefficient (Wildman–Crippen LogP) is 3.16. The van der Waals surface area contributed by atoms with E-state index in [9.17, 15) is 18.0 Å². The molecule has 0 aliphatic rings. The van der Waals surface area contributed by atoms with Crippen molar-refractivity contribution in [3.8, 4) is 0 Å². The van der Waals surface area contributed by atoms with Gasteiger partial charge in [0.15, 0.2) is 6.04 Å². The number of carbonyl (C=O) groups excluding carboxylic acids is 1. The highest BCUT2D eigenvalue weighted by atomic mass is 79.9. The Bertz CT molecular complexity index is 434. The molecule has 1 aromatic carbocycles. The standard InChI is InChI=1S/C12H13BrF3NO2/c1-17(10(18)7-19-2)11(12(14,15)16)8-3-5-9(13)6-4-8/h3-6,11H,7H2,1-2H3. The van der Waals surface area contributed by atoms with Crippen molar-refractivity contribution >= 4 is 21.8 Å². The lowest BCUT2D eigenvalue weighted by atomic mass is 10.1. The van der Waals surface area contributed by atoms with Crippen LogP contribution in [0.15, 0.2) is 28.7 Å². The summed E-state index contributed by atoms with van der Waals surface area (Å²) in [5, 5.41) is 0. The number of methoxy groups -OCH3 is 1. The Balaban J connectivity index is 3.09. The van der Waals surface area contributed by atoms with E-state index in [1.165, 1.54) is 31.4 Å². The number of carbonyl (C=O) groups is 1. The summed E-state index contributed by atoms with van der Waals surface area (Å²) >= 11 is 3.15. The molecule has 1 unspecified atom stereocenters. The van der Waals surface area contributed by atoms with E-state index >= 15 is 0 Å². The minimum atomic E-state index is -4.55. The molecule has 0 aliphatic heterocycles. The lowest BCUT2D eigenvalue weighted by Gasteiger charge is -2.30. The summed E-state index contributed by atoms with van der Waals surface area (Å²) in [6, 6.07) is 3.69. The second-order valence-corrected chi connectivity index (χ2v) is 4.85. The molecule has 0 heterocycles. The van der Waals surface area contributed by atoms with E-state index in [1.807, 2.05) is 0 Å². The molecule has 1 aromatic rings. The van der Waals surface area contributed by atoms with Gasteiger partial charge in [-0.25, -0.2) is 0 Å². The monoisotopic (exact) mass is 339 g/mol. The third kappa shape index (κ3) is 4.21. The molecule has 0 aliphatic carbocycles. The maximum Gasteiger partial charge on any atom is 0.413 e. The number of hydrogen-bond donors (Lipinski definition) is 0. The maximum absolute atomic E-state index is 13.1. The second-order valence-electron chi connectivity index (χ2n) is 3.93. The number of halogens is 4. The summed E-state index contributed by atoms with van der Waals surface area (Å²) < 4.78 is 44.6. The van der Waals surface area contributed by atoms with E-state index in [4.69, 9.17) is 0 Å². The number of alkyl halides is 3. The molecule has 0 saturated carbocycles. The number of ether oxygens (including phenoxy) is 1. The van der Waals surface area contributed by atoms with E-state index in [0.717, 1.165) is 7.05 Å². The Kier molecular flexibility index (Phi) is 5.37. The van der Waals surface area contributed by atoms with Crippen LogP contribution in [0.25, 0.3) is 0 Å². The molecule has 0 aromatic heterocycles. The van der Waals surface area contributed by atoms with Crippen LogP contribution in [0.5, 0.6) is 0 Å². The molecule has 0 bridgehead atoms. The van der Waals surface area contributed by atoms with Gasteiger partial charge in [0.1, 0.15) is 6.61 Å². The molecule has 3 nitrogen and oxygen atoms in total. The molecule has 1 rings (SSSR count).